The number of nitrogens with two attached hydrogens (primary N) is 1. The molecule has 20 heavy (non-hydrogen) atoms. The fourth-order valence-corrected chi connectivity index (χ4v) is 2.48. The van der Waals surface area contributed by atoms with Crippen molar-refractivity contribution in [3.63, 3.8) is 0 Å². The lowest BCUT2D eigenvalue weighted by Crippen LogP contribution is -2.07. The van der Waals surface area contributed by atoms with Crippen LogP contribution in [0.15, 0.2) is 54.7 Å². The molecule has 2 aromatic carbocycles. The second-order valence-electron chi connectivity index (χ2n) is 4.90. The quantitative estimate of drug-likeness (QED) is 0.759. The molecule has 2 nitrogen and oxygen atoms in total. The SMILES string of the molecule is CC(N)c1ccc(F)cc1-c1cccc2cccnc12. The van der Waals surface area contributed by atoms with Crippen LogP contribution >= 0.6 is 0 Å². The van der Waals surface area contributed by atoms with Crippen LogP contribution in [0.4, 0.5) is 4.39 Å². The average molecular weight is 266 g/mol. The van der Waals surface area contributed by atoms with Gasteiger partial charge in [-0.3, -0.25) is 4.98 Å². The first-order valence-corrected chi connectivity index (χ1v) is 6.56. The third kappa shape index (κ3) is 2.17. The summed E-state index contributed by atoms with van der Waals surface area (Å²) in [5, 5.41) is 1.03. The van der Waals surface area contributed by atoms with Gasteiger partial charge in [-0.25, -0.2) is 4.39 Å². The predicted molar refractivity (Wildman–Crippen MR) is 79.7 cm³/mol. The van der Waals surface area contributed by atoms with Crippen LogP contribution in [0.5, 0.6) is 0 Å². The Morgan fingerprint density at radius 3 is 2.65 bits per heavy atom. The molecule has 0 aliphatic carbocycles. The van der Waals surface area contributed by atoms with Crippen LogP contribution in [0.25, 0.3) is 22.0 Å². The maximum atomic E-state index is 13.6. The highest BCUT2D eigenvalue weighted by atomic mass is 19.1. The van der Waals surface area contributed by atoms with E-state index >= 15 is 0 Å². The molecule has 3 heteroatoms. The minimum absolute atomic E-state index is 0.162. The zero-order valence-electron chi connectivity index (χ0n) is 11.2. The van der Waals surface area contributed by atoms with E-state index in [1.165, 1.54) is 12.1 Å². The Labute approximate surface area is 117 Å². The zero-order chi connectivity index (χ0) is 14.1. The van der Waals surface area contributed by atoms with Gasteiger partial charge in [0.05, 0.1) is 5.52 Å². The number of para-hydroxylation sites is 1. The normalized spacial score (nSPS) is 12.6. The van der Waals surface area contributed by atoms with Crippen LogP contribution < -0.4 is 5.73 Å². The highest BCUT2D eigenvalue weighted by Gasteiger charge is 2.13. The van der Waals surface area contributed by atoms with Gasteiger partial charge in [0.25, 0.3) is 0 Å². The Kier molecular flexibility index (Phi) is 3.20. The van der Waals surface area contributed by atoms with E-state index in [1.807, 2.05) is 37.3 Å². The number of rotatable bonds is 2. The summed E-state index contributed by atoms with van der Waals surface area (Å²) in [6.07, 6.45) is 1.75. The average Bonchev–Trinajstić information content (AvgIpc) is 2.46. The minimum atomic E-state index is -0.266. The molecule has 100 valence electrons. The smallest absolute Gasteiger partial charge is 0.123 e. The van der Waals surface area contributed by atoms with E-state index in [-0.39, 0.29) is 11.9 Å². The number of fused-ring (bicyclic) bond motifs is 1. The van der Waals surface area contributed by atoms with Crippen LogP contribution in [0, 0.1) is 5.82 Å². The third-order valence-corrected chi connectivity index (χ3v) is 3.43. The standard InChI is InChI=1S/C17H15FN2/c1-11(19)14-8-7-13(18)10-16(14)15-6-2-4-12-5-3-9-20-17(12)15/h2-11H,19H2,1H3. The zero-order valence-corrected chi connectivity index (χ0v) is 11.2. The summed E-state index contributed by atoms with van der Waals surface area (Å²) in [4.78, 5) is 4.42. The predicted octanol–water partition coefficient (Wildman–Crippen LogP) is 4.06. The van der Waals surface area contributed by atoms with Crippen LogP contribution in [-0.4, -0.2) is 4.98 Å². The molecular formula is C17H15FN2. The fraction of sp³-hybridized carbons (Fsp3) is 0.118. The number of benzene rings is 2. The van der Waals surface area contributed by atoms with E-state index < -0.39 is 0 Å². The second kappa shape index (κ2) is 5.02. The Morgan fingerprint density at radius 2 is 1.85 bits per heavy atom. The molecule has 3 aromatic rings. The molecule has 0 saturated heterocycles. The molecular weight excluding hydrogens is 251 g/mol. The third-order valence-electron chi connectivity index (χ3n) is 3.43. The van der Waals surface area contributed by atoms with Gasteiger partial charge in [0.1, 0.15) is 5.82 Å². The summed E-state index contributed by atoms with van der Waals surface area (Å²) >= 11 is 0. The molecule has 0 bridgehead atoms. The number of aromatic nitrogens is 1. The molecule has 3 rings (SSSR count). The number of halogens is 1. The summed E-state index contributed by atoms with van der Waals surface area (Å²) < 4.78 is 13.6. The van der Waals surface area contributed by atoms with Gasteiger partial charge in [-0.05, 0) is 36.2 Å². The number of hydrogen-bond acceptors (Lipinski definition) is 2. The number of pyridine rings is 1. The Morgan fingerprint density at radius 1 is 1.05 bits per heavy atom. The van der Waals surface area contributed by atoms with E-state index in [4.69, 9.17) is 5.73 Å². The molecule has 1 atom stereocenters. The molecule has 1 aromatic heterocycles. The van der Waals surface area contributed by atoms with Crippen molar-refractivity contribution in [1.29, 1.82) is 0 Å². The van der Waals surface area contributed by atoms with Gasteiger partial charge in [-0.15, -0.1) is 0 Å². The van der Waals surface area contributed by atoms with Gasteiger partial charge in [0, 0.05) is 23.2 Å². The largest absolute Gasteiger partial charge is 0.324 e. The monoisotopic (exact) mass is 266 g/mol. The van der Waals surface area contributed by atoms with Crippen LogP contribution in [0.3, 0.4) is 0 Å². The number of nitrogens with zero attached hydrogens (tertiary/aromatic N) is 1. The second-order valence-corrected chi connectivity index (χ2v) is 4.90. The molecule has 0 amide bonds. The van der Waals surface area contributed by atoms with Crippen molar-refractivity contribution in [3.8, 4) is 11.1 Å². The van der Waals surface area contributed by atoms with Crippen molar-refractivity contribution < 1.29 is 4.39 Å². The molecule has 0 aliphatic rings. The van der Waals surface area contributed by atoms with Crippen molar-refractivity contribution in [3.05, 3.63) is 66.1 Å². The van der Waals surface area contributed by atoms with E-state index in [0.717, 1.165) is 27.6 Å². The van der Waals surface area contributed by atoms with Gasteiger partial charge in [-0.2, -0.15) is 0 Å². The van der Waals surface area contributed by atoms with Gasteiger partial charge in [0.2, 0.25) is 0 Å². The van der Waals surface area contributed by atoms with Crippen molar-refractivity contribution in [2.24, 2.45) is 5.73 Å². The first-order valence-electron chi connectivity index (χ1n) is 6.56. The summed E-state index contributed by atoms with van der Waals surface area (Å²) in [5.74, 6) is -0.266. The van der Waals surface area contributed by atoms with Gasteiger partial charge < -0.3 is 5.73 Å². The lowest BCUT2D eigenvalue weighted by molar-refractivity contribution is 0.626. The van der Waals surface area contributed by atoms with Crippen LogP contribution in [0.1, 0.15) is 18.5 Å². The molecule has 0 radical (unpaired) electrons. The first kappa shape index (κ1) is 12.8. The van der Waals surface area contributed by atoms with Crippen LogP contribution in [0.2, 0.25) is 0 Å². The van der Waals surface area contributed by atoms with E-state index in [0.29, 0.717) is 0 Å². The maximum absolute atomic E-state index is 13.6. The van der Waals surface area contributed by atoms with Crippen molar-refractivity contribution >= 4 is 10.9 Å². The van der Waals surface area contributed by atoms with E-state index in [2.05, 4.69) is 4.98 Å². The summed E-state index contributed by atoms with van der Waals surface area (Å²) in [6, 6.07) is 14.4. The summed E-state index contributed by atoms with van der Waals surface area (Å²) in [6.45, 7) is 1.90. The Hall–Kier alpha value is -2.26. The maximum Gasteiger partial charge on any atom is 0.123 e. The van der Waals surface area contributed by atoms with Crippen LogP contribution in [-0.2, 0) is 0 Å². The lowest BCUT2D eigenvalue weighted by Gasteiger charge is -2.14. The Bertz CT molecular complexity index is 761. The molecule has 0 saturated carbocycles. The van der Waals surface area contributed by atoms with Gasteiger partial charge in [-0.1, -0.05) is 30.3 Å². The van der Waals surface area contributed by atoms with Crippen molar-refractivity contribution in [2.75, 3.05) is 0 Å². The van der Waals surface area contributed by atoms with E-state index in [9.17, 15) is 4.39 Å². The topological polar surface area (TPSA) is 38.9 Å². The molecule has 0 fully saturated rings. The molecule has 1 unspecified atom stereocenters. The Balaban J connectivity index is 2.33. The summed E-state index contributed by atoms with van der Waals surface area (Å²) in [5.41, 5.74) is 9.51. The lowest BCUT2D eigenvalue weighted by atomic mass is 9.94. The summed E-state index contributed by atoms with van der Waals surface area (Å²) in [7, 11) is 0. The highest BCUT2D eigenvalue weighted by Crippen LogP contribution is 2.32. The minimum Gasteiger partial charge on any atom is -0.324 e. The fourth-order valence-electron chi connectivity index (χ4n) is 2.48. The molecule has 0 spiro atoms. The van der Waals surface area contributed by atoms with E-state index in [1.54, 1.807) is 12.3 Å². The van der Waals surface area contributed by atoms with Gasteiger partial charge >= 0.3 is 0 Å². The van der Waals surface area contributed by atoms with Crippen molar-refractivity contribution in [2.45, 2.75) is 13.0 Å². The highest BCUT2D eigenvalue weighted by molar-refractivity contribution is 5.94. The molecule has 1 heterocycles. The first-order chi connectivity index (χ1) is 9.66. The molecule has 0 aliphatic heterocycles. The molecule has 2 N–H and O–H groups in total. The van der Waals surface area contributed by atoms with Gasteiger partial charge in [0.15, 0.2) is 0 Å². The number of hydrogen-bond donors (Lipinski definition) is 1. The van der Waals surface area contributed by atoms with Crippen molar-refractivity contribution in [1.82, 2.24) is 4.98 Å².